The van der Waals surface area contributed by atoms with E-state index in [1.807, 2.05) is 0 Å². The summed E-state index contributed by atoms with van der Waals surface area (Å²) in [7, 11) is -2.40. The van der Waals surface area contributed by atoms with Crippen LogP contribution in [0.2, 0.25) is 0 Å². The summed E-state index contributed by atoms with van der Waals surface area (Å²) < 4.78 is 91.8. The normalized spacial score (nSPS) is 13.0. The number of rotatable bonds is 4. The van der Waals surface area contributed by atoms with E-state index in [0.717, 1.165) is 38.5 Å². The molecule has 0 unspecified atom stereocenters. The van der Waals surface area contributed by atoms with Gasteiger partial charge in [0.2, 0.25) is 0 Å². The maximum atomic E-state index is 13.6. The Morgan fingerprint density at radius 1 is 0.704 bits per heavy atom. The molecular formula is C16H16F6N2O2Si. The van der Waals surface area contributed by atoms with Crippen molar-refractivity contribution in [3.05, 3.63) is 47.5 Å². The van der Waals surface area contributed by atoms with Crippen molar-refractivity contribution in [1.29, 1.82) is 0 Å². The lowest BCUT2D eigenvalue weighted by Crippen LogP contribution is -2.65. The molecule has 0 aliphatic heterocycles. The summed E-state index contributed by atoms with van der Waals surface area (Å²) in [6.45, 7) is 0. The smallest absolute Gasteiger partial charge is 0.399 e. The lowest BCUT2D eigenvalue weighted by molar-refractivity contribution is -0.137. The van der Waals surface area contributed by atoms with Gasteiger partial charge in [-0.1, -0.05) is 12.1 Å². The van der Waals surface area contributed by atoms with Crippen LogP contribution in [0.4, 0.5) is 37.7 Å². The molecule has 4 nitrogen and oxygen atoms in total. The molecule has 27 heavy (non-hydrogen) atoms. The van der Waals surface area contributed by atoms with Crippen LogP contribution >= 0.6 is 0 Å². The average molecular weight is 410 g/mol. The first-order valence-electron chi connectivity index (χ1n) is 7.41. The van der Waals surface area contributed by atoms with E-state index < -0.39 is 42.4 Å². The summed E-state index contributed by atoms with van der Waals surface area (Å²) in [5, 5.41) is -1.08. The van der Waals surface area contributed by atoms with Crippen LogP contribution in [-0.2, 0) is 21.2 Å². The highest BCUT2D eigenvalue weighted by Gasteiger charge is 2.51. The molecule has 0 fully saturated rings. The number of anilines is 2. The summed E-state index contributed by atoms with van der Waals surface area (Å²) in [6, 6.07) is 5.53. The number of nitrogen functional groups attached to an aromatic ring is 2. The number of halogens is 6. The molecule has 0 amide bonds. The van der Waals surface area contributed by atoms with E-state index in [1.165, 1.54) is 0 Å². The van der Waals surface area contributed by atoms with Crippen LogP contribution in [0, 0.1) is 0 Å². The van der Waals surface area contributed by atoms with Crippen molar-refractivity contribution in [2.45, 2.75) is 12.4 Å². The first-order chi connectivity index (χ1) is 12.4. The Morgan fingerprint density at radius 3 is 1.30 bits per heavy atom. The molecule has 0 bridgehead atoms. The van der Waals surface area contributed by atoms with Gasteiger partial charge in [-0.05, 0) is 24.3 Å². The molecule has 0 aliphatic rings. The topological polar surface area (TPSA) is 70.5 Å². The average Bonchev–Trinajstić information content (AvgIpc) is 2.56. The predicted octanol–water partition coefficient (Wildman–Crippen LogP) is 2.74. The third-order valence-electron chi connectivity index (χ3n) is 3.98. The van der Waals surface area contributed by atoms with E-state index in [-0.39, 0.29) is 11.4 Å². The van der Waals surface area contributed by atoms with Gasteiger partial charge in [-0.15, -0.1) is 0 Å². The van der Waals surface area contributed by atoms with Crippen LogP contribution in [0.25, 0.3) is 0 Å². The minimum atomic E-state index is -4.88. The van der Waals surface area contributed by atoms with Crippen LogP contribution in [-0.4, -0.2) is 22.8 Å². The molecule has 148 valence electrons. The Kier molecular flexibility index (Phi) is 5.50. The fourth-order valence-corrected chi connectivity index (χ4v) is 5.91. The van der Waals surface area contributed by atoms with E-state index in [1.54, 1.807) is 0 Å². The van der Waals surface area contributed by atoms with Crippen molar-refractivity contribution in [2.75, 3.05) is 25.7 Å². The first-order valence-corrected chi connectivity index (χ1v) is 9.23. The molecule has 0 radical (unpaired) electrons. The van der Waals surface area contributed by atoms with Gasteiger partial charge in [0, 0.05) is 36.0 Å². The standard InChI is InChI=1S/C16H16F6N2O2Si/c1-25-27(26-2,13-5-3-9(23)7-11(13)15(17,18)19)14-6-4-10(24)8-12(14)16(20,21)22/h3-8H,23-24H2,1-2H3. The van der Waals surface area contributed by atoms with Gasteiger partial charge in [0.1, 0.15) is 0 Å². The Balaban J connectivity index is 2.91. The van der Waals surface area contributed by atoms with Crippen molar-refractivity contribution in [3.8, 4) is 0 Å². The van der Waals surface area contributed by atoms with Crippen molar-refractivity contribution in [3.63, 3.8) is 0 Å². The maximum absolute atomic E-state index is 13.6. The van der Waals surface area contributed by atoms with Gasteiger partial charge in [-0.2, -0.15) is 26.3 Å². The first kappa shape index (κ1) is 21.1. The van der Waals surface area contributed by atoms with Gasteiger partial charge in [0.25, 0.3) is 0 Å². The Hall–Kier alpha value is -2.24. The molecular weight excluding hydrogens is 394 g/mol. The molecule has 0 heterocycles. The molecule has 0 spiro atoms. The van der Waals surface area contributed by atoms with Gasteiger partial charge in [0.15, 0.2) is 0 Å². The Bertz CT molecular complexity index is 769. The molecule has 0 aromatic heterocycles. The zero-order valence-electron chi connectivity index (χ0n) is 14.2. The second-order valence-corrected chi connectivity index (χ2v) is 8.76. The molecule has 2 aromatic rings. The Morgan fingerprint density at radius 2 is 1.04 bits per heavy atom. The number of hydrogen-bond donors (Lipinski definition) is 2. The van der Waals surface area contributed by atoms with E-state index in [0.29, 0.717) is 12.1 Å². The van der Waals surface area contributed by atoms with E-state index in [9.17, 15) is 26.3 Å². The summed E-state index contributed by atoms with van der Waals surface area (Å²) in [5.41, 5.74) is 8.05. The van der Waals surface area contributed by atoms with Gasteiger partial charge >= 0.3 is 20.9 Å². The molecule has 2 rings (SSSR count). The molecule has 2 aromatic carbocycles. The summed E-state index contributed by atoms with van der Waals surface area (Å²) in [6.07, 6.45) is -9.77. The molecule has 0 saturated carbocycles. The summed E-state index contributed by atoms with van der Waals surface area (Å²) in [5.74, 6) is 0. The lowest BCUT2D eigenvalue weighted by Gasteiger charge is -2.32. The fraction of sp³-hybridized carbons (Fsp3) is 0.250. The maximum Gasteiger partial charge on any atom is 0.416 e. The van der Waals surface area contributed by atoms with Crippen LogP contribution in [0.15, 0.2) is 36.4 Å². The van der Waals surface area contributed by atoms with E-state index in [2.05, 4.69) is 0 Å². The molecule has 11 heteroatoms. The van der Waals surface area contributed by atoms with Crippen LogP contribution < -0.4 is 21.8 Å². The quantitative estimate of drug-likeness (QED) is 0.462. The minimum absolute atomic E-state index is 0.200. The number of alkyl halides is 6. The second kappa shape index (κ2) is 7.06. The van der Waals surface area contributed by atoms with Crippen molar-refractivity contribution in [2.24, 2.45) is 0 Å². The SMILES string of the molecule is CO[Si](OC)(c1ccc(N)cc1C(F)(F)F)c1ccc(N)cc1C(F)(F)F. The zero-order chi connectivity index (χ0) is 20.6. The largest absolute Gasteiger partial charge is 0.416 e. The third-order valence-corrected chi connectivity index (χ3v) is 7.42. The summed E-state index contributed by atoms with van der Waals surface area (Å²) in [4.78, 5) is 0. The van der Waals surface area contributed by atoms with Gasteiger partial charge in [0.05, 0.1) is 11.1 Å². The summed E-state index contributed by atoms with van der Waals surface area (Å²) >= 11 is 0. The lowest BCUT2D eigenvalue weighted by atomic mass is 10.2. The third kappa shape index (κ3) is 3.89. The molecule has 4 N–H and O–H groups in total. The van der Waals surface area contributed by atoms with E-state index in [4.69, 9.17) is 20.3 Å². The van der Waals surface area contributed by atoms with Crippen molar-refractivity contribution < 1.29 is 35.2 Å². The second-order valence-electron chi connectivity index (χ2n) is 5.63. The van der Waals surface area contributed by atoms with Crippen molar-refractivity contribution >= 4 is 30.3 Å². The highest BCUT2D eigenvalue weighted by molar-refractivity contribution is 6.93. The minimum Gasteiger partial charge on any atom is -0.399 e. The monoisotopic (exact) mass is 410 g/mol. The van der Waals surface area contributed by atoms with Gasteiger partial charge < -0.3 is 20.3 Å². The number of hydrogen-bond acceptors (Lipinski definition) is 4. The number of benzene rings is 2. The van der Waals surface area contributed by atoms with Crippen molar-refractivity contribution in [1.82, 2.24) is 0 Å². The predicted molar refractivity (Wildman–Crippen MR) is 90.8 cm³/mol. The van der Waals surface area contributed by atoms with Gasteiger partial charge in [-0.25, -0.2) is 0 Å². The fourth-order valence-electron chi connectivity index (χ4n) is 2.84. The molecule has 0 saturated heterocycles. The van der Waals surface area contributed by atoms with E-state index >= 15 is 0 Å². The van der Waals surface area contributed by atoms with Crippen LogP contribution in [0.1, 0.15) is 11.1 Å². The van der Waals surface area contributed by atoms with Gasteiger partial charge in [-0.3, -0.25) is 0 Å². The highest BCUT2D eigenvalue weighted by Crippen LogP contribution is 2.34. The molecule has 0 atom stereocenters. The zero-order valence-corrected chi connectivity index (χ0v) is 15.2. The van der Waals surface area contributed by atoms with Crippen LogP contribution in [0.5, 0.6) is 0 Å². The van der Waals surface area contributed by atoms with Crippen LogP contribution in [0.3, 0.4) is 0 Å². The highest BCUT2D eigenvalue weighted by atomic mass is 28.4. The molecule has 0 aliphatic carbocycles. The number of nitrogens with two attached hydrogens (primary N) is 2. The Labute approximate surface area is 151 Å².